The van der Waals surface area contributed by atoms with E-state index in [1.165, 1.54) is 14.2 Å². The quantitative estimate of drug-likeness (QED) is 0.865. The van der Waals surface area contributed by atoms with Crippen LogP contribution in [0.3, 0.4) is 0 Å². The highest BCUT2D eigenvalue weighted by Crippen LogP contribution is 2.29. The van der Waals surface area contributed by atoms with Crippen molar-refractivity contribution in [2.24, 2.45) is 0 Å². The summed E-state index contributed by atoms with van der Waals surface area (Å²) in [5.74, 6) is 0.663. The molecule has 5 nitrogen and oxygen atoms in total. The number of methoxy groups -OCH3 is 2. The van der Waals surface area contributed by atoms with Gasteiger partial charge in [-0.25, -0.2) is 0 Å². The van der Waals surface area contributed by atoms with Crippen molar-refractivity contribution in [1.82, 2.24) is 0 Å². The summed E-state index contributed by atoms with van der Waals surface area (Å²) in [5.41, 5.74) is 2.05. The third kappa shape index (κ3) is 4.41. The summed E-state index contributed by atoms with van der Waals surface area (Å²) >= 11 is 0. The Balaban J connectivity index is 2.18. The molecule has 2 N–H and O–H groups in total. The Bertz CT molecular complexity index is 681. The number of nitrogens with one attached hydrogen (secondary N) is 2. The molecule has 24 heavy (non-hydrogen) atoms. The van der Waals surface area contributed by atoms with Crippen molar-refractivity contribution in [3.8, 4) is 11.5 Å². The fraction of sp³-hybridized carbons (Fsp3) is 0.316. The van der Waals surface area contributed by atoms with Crippen molar-refractivity contribution in [2.45, 2.75) is 26.3 Å². The molecule has 0 radical (unpaired) electrons. The van der Waals surface area contributed by atoms with E-state index in [2.05, 4.69) is 31.4 Å². The van der Waals surface area contributed by atoms with Gasteiger partial charge < -0.3 is 20.1 Å². The van der Waals surface area contributed by atoms with E-state index < -0.39 is 0 Å². The van der Waals surface area contributed by atoms with Crippen molar-refractivity contribution < 1.29 is 14.3 Å². The maximum absolute atomic E-state index is 12.6. The number of carbonyl (C=O) groups excluding carboxylic acids is 1. The van der Waals surface area contributed by atoms with Crippen molar-refractivity contribution in [1.29, 1.82) is 0 Å². The molecule has 5 heteroatoms. The van der Waals surface area contributed by atoms with Crippen LogP contribution in [0.1, 0.15) is 31.1 Å². The molecule has 0 heterocycles. The molecule has 0 saturated carbocycles. The van der Waals surface area contributed by atoms with Crippen molar-refractivity contribution in [2.75, 3.05) is 24.9 Å². The van der Waals surface area contributed by atoms with Gasteiger partial charge in [0.05, 0.1) is 14.2 Å². The zero-order valence-corrected chi connectivity index (χ0v) is 14.8. The van der Waals surface area contributed by atoms with E-state index >= 15 is 0 Å². The standard InChI is InChI=1S/C19H24N2O3/c1-19(2,3)21-14-11-9-13(10-12-14)20-18(22)17-15(23-4)7-6-8-16(17)24-5/h6-12,21H,1-5H3,(H,20,22). The molecular formula is C19H24N2O3. The van der Waals surface area contributed by atoms with Crippen LogP contribution in [-0.4, -0.2) is 25.7 Å². The lowest BCUT2D eigenvalue weighted by atomic mass is 10.1. The third-order valence-corrected chi connectivity index (χ3v) is 3.32. The Morgan fingerprint density at radius 2 is 1.38 bits per heavy atom. The van der Waals surface area contributed by atoms with Crippen LogP contribution in [0, 0.1) is 0 Å². The van der Waals surface area contributed by atoms with Gasteiger partial charge in [0.2, 0.25) is 0 Å². The fourth-order valence-electron chi connectivity index (χ4n) is 2.34. The minimum absolute atomic E-state index is 0.0183. The fourth-order valence-corrected chi connectivity index (χ4v) is 2.34. The van der Waals surface area contributed by atoms with Gasteiger partial charge in [0.25, 0.3) is 5.91 Å². The molecule has 0 unspecified atom stereocenters. The number of hydrogen-bond acceptors (Lipinski definition) is 4. The summed E-state index contributed by atoms with van der Waals surface area (Å²) in [6, 6.07) is 12.8. The zero-order chi connectivity index (χ0) is 17.7. The first-order valence-electron chi connectivity index (χ1n) is 7.74. The first-order chi connectivity index (χ1) is 11.3. The summed E-state index contributed by atoms with van der Waals surface area (Å²) in [6.45, 7) is 6.28. The predicted molar refractivity (Wildman–Crippen MR) is 97.3 cm³/mol. The van der Waals surface area contributed by atoms with E-state index in [0.29, 0.717) is 22.7 Å². The minimum atomic E-state index is -0.277. The lowest BCUT2D eigenvalue weighted by Crippen LogP contribution is -2.25. The molecule has 0 atom stereocenters. The Kier molecular flexibility index (Phi) is 5.34. The molecule has 2 aromatic carbocycles. The highest BCUT2D eigenvalue weighted by molar-refractivity contribution is 6.08. The molecule has 0 saturated heterocycles. The summed E-state index contributed by atoms with van der Waals surface area (Å²) in [5, 5.41) is 6.25. The van der Waals surface area contributed by atoms with Crippen molar-refractivity contribution in [3.05, 3.63) is 48.0 Å². The van der Waals surface area contributed by atoms with Crippen LogP contribution in [0.4, 0.5) is 11.4 Å². The average molecular weight is 328 g/mol. The van der Waals surface area contributed by atoms with Gasteiger partial charge in [0.15, 0.2) is 0 Å². The molecule has 2 aromatic rings. The zero-order valence-electron chi connectivity index (χ0n) is 14.8. The van der Waals surface area contributed by atoms with Crippen molar-refractivity contribution >= 4 is 17.3 Å². The number of hydrogen-bond donors (Lipinski definition) is 2. The third-order valence-electron chi connectivity index (χ3n) is 3.32. The number of rotatable bonds is 5. The Morgan fingerprint density at radius 1 is 0.875 bits per heavy atom. The van der Waals surface area contributed by atoms with E-state index in [0.717, 1.165) is 5.69 Å². The highest BCUT2D eigenvalue weighted by Gasteiger charge is 2.18. The van der Waals surface area contributed by atoms with Crippen LogP contribution in [0.25, 0.3) is 0 Å². The Hall–Kier alpha value is -2.69. The monoisotopic (exact) mass is 328 g/mol. The summed E-state index contributed by atoms with van der Waals surface area (Å²) in [6.07, 6.45) is 0. The van der Waals surface area contributed by atoms with E-state index in [1.54, 1.807) is 18.2 Å². The normalized spacial score (nSPS) is 10.9. The predicted octanol–water partition coefficient (Wildman–Crippen LogP) is 4.17. The number of benzene rings is 2. The minimum Gasteiger partial charge on any atom is -0.496 e. The largest absolute Gasteiger partial charge is 0.496 e. The Morgan fingerprint density at radius 3 is 1.83 bits per heavy atom. The molecule has 0 aliphatic rings. The van der Waals surface area contributed by atoms with Gasteiger partial charge in [-0.2, -0.15) is 0 Å². The topological polar surface area (TPSA) is 59.6 Å². The molecule has 128 valence electrons. The van der Waals surface area contributed by atoms with E-state index in [4.69, 9.17) is 9.47 Å². The van der Waals surface area contributed by atoms with Gasteiger partial charge in [-0.3, -0.25) is 4.79 Å². The second kappa shape index (κ2) is 7.25. The molecule has 1 amide bonds. The molecule has 0 aliphatic carbocycles. The molecule has 0 aromatic heterocycles. The molecule has 0 aliphatic heterocycles. The van der Waals surface area contributed by atoms with Gasteiger partial charge in [-0.15, -0.1) is 0 Å². The smallest absolute Gasteiger partial charge is 0.263 e. The molecule has 0 bridgehead atoms. The summed E-state index contributed by atoms with van der Waals surface area (Å²) in [4.78, 5) is 12.6. The van der Waals surface area contributed by atoms with Gasteiger partial charge in [-0.05, 0) is 57.2 Å². The van der Waals surface area contributed by atoms with Gasteiger partial charge in [0.1, 0.15) is 17.1 Å². The van der Waals surface area contributed by atoms with Crippen LogP contribution < -0.4 is 20.1 Å². The average Bonchev–Trinajstić information content (AvgIpc) is 2.54. The number of ether oxygens (including phenoxy) is 2. The van der Waals surface area contributed by atoms with E-state index in [-0.39, 0.29) is 11.4 Å². The van der Waals surface area contributed by atoms with Gasteiger partial charge in [-0.1, -0.05) is 6.07 Å². The van der Waals surface area contributed by atoms with Gasteiger partial charge >= 0.3 is 0 Å². The van der Waals surface area contributed by atoms with Crippen LogP contribution in [0.15, 0.2) is 42.5 Å². The maximum Gasteiger partial charge on any atom is 0.263 e. The molecule has 2 rings (SSSR count). The first kappa shape index (κ1) is 17.7. The SMILES string of the molecule is COc1cccc(OC)c1C(=O)Nc1ccc(NC(C)(C)C)cc1. The molecular weight excluding hydrogens is 304 g/mol. The van der Waals surface area contributed by atoms with E-state index in [1.807, 2.05) is 24.3 Å². The van der Waals surface area contributed by atoms with Gasteiger partial charge in [0, 0.05) is 16.9 Å². The van der Waals surface area contributed by atoms with Crippen LogP contribution in [-0.2, 0) is 0 Å². The maximum atomic E-state index is 12.6. The Labute approximate surface area is 143 Å². The molecule has 0 fully saturated rings. The second-order valence-corrected chi connectivity index (χ2v) is 6.44. The first-order valence-corrected chi connectivity index (χ1v) is 7.74. The number of carbonyl (C=O) groups is 1. The summed E-state index contributed by atoms with van der Waals surface area (Å²) in [7, 11) is 3.05. The lowest BCUT2D eigenvalue weighted by molar-refractivity contribution is 0.102. The number of amides is 1. The summed E-state index contributed by atoms with van der Waals surface area (Å²) < 4.78 is 10.5. The van der Waals surface area contributed by atoms with Crippen LogP contribution >= 0.6 is 0 Å². The second-order valence-electron chi connectivity index (χ2n) is 6.44. The van der Waals surface area contributed by atoms with Crippen molar-refractivity contribution in [3.63, 3.8) is 0 Å². The van der Waals surface area contributed by atoms with E-state index in [9.17, 15) is 4.79 Å². The molecule has 0 spiro atoms. The lowest BCUT2D eigenvalue weighted by Gasteiger charge is -2.22. The number of anilines is 2. The highest BCUT2D eigenvalue weighted by atomic mass is 16.5. The van der Waals surface area contributed by atoms with Crippen LogP contribution in [0.2, 0.25) is 0 Å². The van der Waals surface area contributed by atoms with Crippen LogP contribution in [0.5, 0.6) is 11.5 Å².